The highest BCUT2D eigenvalue weighted by Crippen LogP contribution is 2.20. The molecule has 0 saturated heterocycles. The minimum absolute atomic E-state index is 0.173. The number of amides is 2. The normalized spacial score (nSPS) is 12.2. The zero-order chi connectivity index (χ0) is 23.2. The van der Waals surface area contributed by atoms with Gasteiger partial charge in [0, 0.05) is 22.2 Å². The van der Waals surface area contributed by atoms with Crippen LogP contribution in [0.1, 0.15) is 19.4 Å². The molecule has 0 saturated carbocycles. The molecule has 2 amide bonds. The molecular formula is C21H25FIN3O4S. The molecule has 0 spiro atoms. The molecule has 0 aliphatic carbocycles. The van der Waals surface area contributed by atoms with E-state index < -0.39 is 40.2 Å². The Balaban J connectivity index is 2.38. The van der Waals surface area contributed by atoms with Crippen molar-refractivity contribution in [3.63, 3.8) is 0 Å². The van der Waals surface area contributed by atoms with E-state index in [4.69, 9.17) is 0 Å². The van der Waals surface area contributed by atoms with E-state index in [9.17, 15) is 22.4 Å². The summed E-state index contributed by atoms with van der Waals surface area (Å²) in [5.74, 6) is -1.54. The first kappa shape index (κ1) is 25.1. The maximum Gasteiger partial charge on any atom is 0.244 e. The third-order valence-electron chi connectivity index (χ3n) is 4.61. The maximum atomic E-state index is 14.2. The Hall–Kier alpha value is -2.21. The number of benzene rings is 2. The van der Waals surface area contributed by atoms with Crippen molar-refractivity contribution in [3.8, 4) is 0 Å². The van der Waals surface area contributed by atoms with Gasteiger partial charge in [0.2, 0.25) is 21.8 Å². The van der Waals surface area contributed by atoms with Gasteiger partial charge in [-0.3, -0.25) is 13.9 Å². The third kappa shape index (κ3) is 6.89. The Morgan fingerprint density at radius 1 is 1.13 bits per heavy atom. The van der Waals surface area contributed by atoms with Crippen molar-refractivity contribution in [1.29, 1.82) is 0 Å². The van der Waals surface area contributed by atoms with Crippen molar-refractivity contribution in [2.45, 2.75) is 26.4 Å². The van der Waals surface area contributed by atoms with Crippen LogP contribution >= 0.6 is 22.6 Å². The Labute approximate surface area is 195 Å². The SMILES string of the molecule is CCNC(=O)[C@@H](C)N(Cc1ccccc1F)C(=O)CN(c1ccc(I)cc1)S(C)(=O)=O. The fraction of sp³-hybridized carbons (Fsp3) is 0.333. The zero-order valence-electron chi connectivity index (χ0n) is 17.5. The first-order chi connectivity index (χ1) is 14.5. The van der Waals surface area contributed by atoms with Crippen molar-refractivity contribution in [2.75, 3.05) is 23.7 Å². The second kappa shape index (κ2) is 10.9. The molecule has 0 aliphatic heterocycles. The summed E-state index contributed by atoms with van der Waals surface area (Å²) in [6, 6.07) is 11.7. The van der Waals surface area contributed by atoms with Crippen LogP contribution in [0.4, 0.5) is 10.1 Å². The first-order valence-corrected chi connectivity index (χ1v) is 12.5. The van der Waals surface area contributed by atoms with Crippen LogP contribution in [0.3, 0.4) is 0 Å². The fourth-order valence-corrected chi connectivity index (χ4v) is 4.14. The van der Waals surface area contributed by atoms with E-state index in [1.165, 1.54) is 30.0 Å². The molecule has 1 atom stereocenters. The molecule has 0 unspecified atom stereocenters. The van der Waals surface area contributed by atoms with Crippen molar-refractivity contribution in [1.82, 2.24) is 10.2 Å². The maximum absolute atomic E-state index is 14.2. The molecule has 0 aromatic heterocycles. The van der Waals surface area contributed by atoms with E-state index in [0.29, 0.717) is 12.2 Å². The highest BCUT2D eigenvalue weighted by Gasteiger charge is 2.30. The van der Waals surface area contributed by atoms with E-state index in [1.54, 1.807) is 37.3 Å². The van der Waals surface area contributed by atoms with E-state index in [0.717, 1.165) is 14.1 Å². The van der Waals surface area contributed by atoms with Crippen molar-refractivity contribution in [3.05, 3.63) is 63.5 Å². The summed E-state index contributed by atoms with van der Waals surface area (Å²) >= 11 is 2.09. The summed E-state index contributed by atoms with van der Waals surface area (Å²) in [6.45, 7) is 2.95. The average molecular weight is 561 g/mol. The van der Waals surface area contributed by atoms with Crippen LogP contribution in [0.2, 0.25) is 0 Å². The van der Waals surface area contributed by atoms with Crippen molar-refractivity contribution in [2.24, 2.45) is 0 Å². The lowest BCUT2D eigenvalue weighted by Gasteiger charge is -2.31. The third-order valence-corrected chi connectivity index (χ3v) is 6.47. The summed E-state index contributed by atoms with van der Waals surface area (Å²) in [4.78, 5) is 26.8. The van der Waals surface area contributed by atoms with Gasteiger partial charge in [0.15, 0.2) is 0 Å². The van der Waals surface area contributed by atoms with Gasteiger partial charge in [0.1, 0.15) is 18.4 Å². The molecule has 0 bridgehead atoms. The molecule has 2 aromatic carbocycles. The molecule has 0 radical (unpaired) electrons. The summed E-state index contributed by atoms with van der Waals surface area (Å²) in [6.07, 6.45) is 1.01. The fourth-order valence-electron chi connectivity index (χ4n) is 2.94. The number of carbonyl (C=O) groups is 2. The number of anilines is 1. The molecule has 168 valence electrons. The van der Waals surface area contributed by atoms with Crippen LogP contribution in [0.5, 0.6) is 0 Å². The van der Waals surface area contributed by atoms with Gasteiger partial charge in [0.05, 0.1) is 11.9 Å². The molecule has 10 heteroatoms. The lowest BCUT2D eigenvalue weighted by Crippen LogP contribution is -2.51. The predicted octanol–water partition coefficient (Wildman–Crippen LogP) is 2.75. The minimum Gasteiger partial charge on any atom is -0.355 e. The van der Waals surface area contributed by atoms with Gasteiger partial charge >= 0.3 is 0 Å². The van der Waals surface area contributed by atoms with Gasteiger partial charge in [-0.1, -0.05) is 18.2 Å². The summed E-state index contributed by atoms with van der Waals surface area (Å²) in [7, 11) is -3.79. The van der Waals surface area contributed by atoms with Crippen LogP contribution in [-0.4, -0.2) is 50.5 Å². The van der Waals surface area contributed by atoms with Crippen LogP contribution < -0.4 is 9.62 Å². The molecule has 31 heavy (non-hydrogen) atoms. The number of nitrogens with one attached hydrogen (secondary N) is 1. The van der Waals surface area contributed by atoms with Gasteiger partial charge in [-0.2, -0.15) is 0 Å². The zero-order valence-corrected chi connectivity index (χ0v) is 20.5. The number of sulfonamides is 1. The minimum atomic E-state index is -3.79. The number of nitrogens with zero attached hydrogens (tertiary/aromatic N) is 2. The number of hydrogen-bond acceptors (Lipinski definition) is 4. The Bertz CT molecular complexity index is 1030. The molecule has 1 N–H and O–H groups in total. The molecule has 0 aliphatic rings. The van der Waals surface area contributed by atoms with E-state index in [2.05, 4.69) is 27.9 Å². The highest BCUT2D eigenvalue weighted by molar-refractivity contribution is 14.1. The number of likely N-dealkylation sites (N-methyl/N-ethyl adjacent to an activating group) is 1. The predicted molar refractivity (Wildman–Crippen MR) is 126 cm³/mol. The Morgan fingerprint density at radius 2 is 1.74 bits per heavy atom. The van der Waals surface area contributed by atoms with Gasteiger partial charge in [-0.25, -0.2) is 12.8 Å². The number of hydrogen-bond donors (Lipinski definition) is 1. The second-order valence-electron chi connectivity index (χ2n) is 6.93. The van der Waals surface area contributed by atoms with Crippen molar-refractivity contribution >= 4 is 50.1 Å². The topological polar surface area (TPSA) is 86.8 Å². The smallest absolute Gasteiger partial charge is 0.244 e. The van der Waals surface area contributed by atoms with E-state index in [-0.39, 0.29) is 12.1 Å². The number of rotatable bonds is 9. The van der Waals surface area contributed by atoms with E-state index in [1.807, 2.05) is 0 Å². The lowest BCUT2D eigenvalue weighted by molar-refractivity contribution is -0.139. The van der Waals surface area contributed by atoms with Crippen LogP contribution in [0, 0.1) is 9.39 Å². The standard InChI is InChI=1S/C21H25FIN3O4S/c1-4-24-21(28)15(2)25(13-16-7-5-6-8-19(16)22)20(27)14-26(31(3,29)30)18-11-9-17(23)10-12-18/h5-12,15H,4,13-14H2,1-3H3,(H,24,28)/t15-/m1/s1. The van der Waals surface area contributed by atoms with Gasteiger partial charge < -0.3 is 10.2 Å². The largest absolute Gasteiger partial charge is 0.355 e. The summed E-state index contributed by atoms with van der Waals surface area (Å²) in [5.41, 5.74) is 0.555. The van der Waals surface area contributed by atoms with Gasteiger partial charge in [0.25, 0.3) is 0 Å². The van der Waals surface area contributed by atoms with Crippen LogP contribution in [0.25, 0.3) is 0 Å². The summed E-state index contributed by atoms with van der Waals surface area (Å²) in [5, 5.41) is 2.64. The Morgan fingerprint density at radius 3 is 2.29 bits per heavy atom. The summed E-state index contributed by atoms with van der Waals surface area (Å²) < 4.78 is 40.9. The second-order valence-corrected chi connectivity index (χ2v) is 10.1. The molecule has 0 fully saturated rings. The monoisotopic (exact) mass is 561 g/mol. The Kier molecular flexibility index (Phi) is 8.80. The highest BCUT2D eigenvalue weighted by atomic mass is 127. The van der Waals surface area contributed by atoms with Crippen LogP contribution in [0.15, 0.2) is 48.5 Å². The molecule has 2 rings (SSSR count). The molecular weight excluding hydrogens is 536 g/mol. The number of carbonyl (C=O) groups excluding carboxylic acids is 2. The number of halogens is 2. The van der Waals surface area contributed by atoms with Crippen molar-refractivity contribution < 1.29 is 22.4 Å². The molecule has 0 heterocycles. The van der Waals surface area contributed by atoms with E-state index >= 15 is 0 Å². The van der Waals surface area contributed by atoms with Gasteiger partial charge in [-0.15, -0.1) is 0 Å². The lowest BCUT2D eigenvalue weighted by atomic mass is 10.1. The first-order valence-electron chi connectivity index (χ1n) is 9.58. The quantitative estimate of drug-likeness (QED) is 0.478. The van der Waals surface area contributed by atoms with Crippen LogP contribution in [-0.2, 0) is 26.2 Å². The molecule has 7 nitrogen and oxygen atoms in total. The average Bonchev–Trinajstić information content (AvgIpc) is 2.71. The molecule has 2 aromatic rings. The van der Waals surface area contributed by atoms with Gasteiger partial charge in [-0.05, 0) is 66.8 Å².